The van der Waals surface area contributed by atoms with E-state index in [9.17, 15) is 0 Å². The number of aromatic nitrogens is 3. The smallest absolute Gasteiger partial charge is 0.124 e. The van der Waals surface area contributed by atoms with Gasteiger partial charge >= 0.3 is 0 Å². The van der Waals surface area contributed by atoms with Crippen LogP contribution in [0.4, 0.5) is 0 Å². The fourth-order valence-corrected chi connectivity index (χ4v) is 3.15. The summed E-state index contributed by atoms with van der Waals surface area (Å²) in [6.45, 7) is 7.06. The Kier molecular flexibility index (Phi) is 3.54. The fourth-order valence-electron chi connectivity index (χ4n) is 2.26. The molecule has 0 bridgehead atoms. The highest BCUT2D eigenvalue weighted by Gasteiger charge is 2.12. The highest BCUT2D eigenvalue weighted by atomic mass is 32.1. The first-order valence-corrected chi connectivity index (χ1v) is 7.56. The number of benzene rings is 1. The fraction of sp³-hybridized carbons (Fsp3) is 0.333. The van der Waals surface area contributed by atoms with Crippen LogP contribution in [0.1, 0.15) is 34.4 Å². The maximum absolute atomic E-state index is 4.62. The molecule has 2 aromatic heterocycles. The highest BCUT2D eigenvalue weighted by molar-refractivity contribution is 7.11. The molecule has 0 aliphatic heterocycles. The van der Waals surface area contributed by atoms with Gasteiger partial charge in [-0.05, 0) is 32.9 Å². The monoisotopic (exact) mass is 286 g/mol. The predicted octanol–water partition coefficient (Wildman–Crippen LogP) is 3.49. The minimum absolute atomic E-state index is 0.184. The minimum Gasteiger partial charge on any atom is -0.341 e. The van der Waals surface area contributed by atoms with E-state index in [0.29, 0.717) is 0 Å². The predicted molar refractivity (Wildman–Crippen MR) is 82.9 cm³/mol. The van der Waals surface area contributed by atoms with Crippen LogP contribution in [-0.2, 0) is 6.54 Å². The van der Waals surface area contributed by atoms with E-state index in [1.54, 1.807) is 11.3 Å². The molecule has 5 heteroatoms. The van der Waals surface area contributed by atoms with Crippen LogP contribution in [0.5, 0.6) is 0 Å². The second kappa shape index (κ2) is 5.34. The number of rotatable bonds is 4. The summed E-state index contributed by atoms with van der Waals surface area (Å²) in [5.74, 6) is 0.977. The molecule has 0 saturated heterocycles. The normalized spacial score (nSPS) is 12.9. The first kappa shape index (κ1) is 13.3. The van der Waals surface area contributed by atoms with Crippen LogP contribution in [-0.4, -0.2) is 15.0 Å². The van der Waals surface area contributed by atoms with Crippen molar-refractivity contribution in [2.24, 2.45) is 0 Å². The molecular weight excluding hydrogens is 268 g/mol. The number of H-pyrrole nitrogens is 1. The van der Waals surface area contributed by atoms with Gasteiger partial charge in [0.2, 0.25) is 0 Å². The van der Waals surface area contributed by atoms with E-state index in [4.69, 9.17) is 0 Å². The van der Waals surface area contributed by atoms with E-state index in [-0.39, 0.29) is 6.04 Å². The molecule has 104 valence electrons. The second-order valence-electron chi connectivity index (χ2n) is 4.98. The Morgan fingerprint density at radius 2 is 2.05 bits per heavy atom. The van der Waals surface area contributed by atoms with Gasteiger partial charge < -0.3 is 10.3 Å². The molecule has 1 unspecified atom stereocenters. The molecule has 0 aliphatic rings. The van der Waals surface area contributed by atoms with Gasteiger partial charge in [0.25, 0.3) is 0 Å². The van der Waals surface area contributed by atoms with Crippen LogP contribution >= 0.6 is 11.3 Å². The summed E-state index contributed by atoms with van der Waals surface area (Å²) >= 11 is 1.75. The molecule has 2 heterocycles. The number of aryl methyl sites for hydroxylation is 2. The summed E-state index contributed by atoms with van der Waals surface area (Å²) in [6, 6.07) is 8.29. The molecule has 2 N–H and O–H groups in total. The van der Waals surface area contributed by atoms with Crippen LogP contribution in [0.3, 0.4) is 0 Å². The van der Waals surface area contributed by atoms with Crippen molar-refractivity contribution in [2.45, 2.75) is 33.4 Å². The van der Waals surface area contributed by atoms with E-state index >= 15 is 0 Å². The summed E-state index contributed by atoms with van der Waals surface area (Å²) < 4.78 is 0. The molecular formula is C15H18N4S. The maximum Gasteiger partial charge on any atom is 0.124 e. The molecule has 4 nitrogen and oxygen atoms in total. The number of thiazole rings is 1. The molecule has 1 aromatic carbocycles. The lowest BCUT2D eigenvalue weighted by molar-refractivity contribution is 0.554. The largest absolute Gasteiger partial charge is 0.341 e. The van der Waals surface area contributed by atoms with E-state index in [1.165, 1.54) is 4.88 Å². The van der Waals surface area contributed by atoms with Crippen LogP contribution in [0.2, 0.25) is 0 Å². The molecule has 0 amide bonds. The van der Waals surface area contributed by atoms with Gasteiger partial charge in [-0.15, -0.1) is 11.3 Å². The molecule has 0 fully saturated rings. The number of fused-ring (bicyclic) bond motifs is 1. The number of aromatic amines is 1. The lowest BCUT2D eigenvalue weighted by Gasteiger charge is -2.10. The van der Waals surface area contributed by atoms with Crippen LogP contribution in [0.25, 0.3) is 11.0 Å². The van der Waals surface area contributed by atoms with Crippen molar-refractivity contribution < 1.29 is 0 Å². The van der Waals surface area contributed by atoms with E-state index < -0.39 is 0 Å². The SMILES string of the molecule is Cc1nc(C)c(CNC(C)c2nc3ccccc3[nH]2)s1. The highest BCUT2D eigenvalue weighted by Crippen LogP contribution is 2.19. The minimum atomic E-state index is 0.184. The zero-order chi connectivity index (χ0) is 14.1. The van der Waals surface area contributed by atoms with Gasteiger partial charge in [0, 0.05) is 11.4 Å². The first-order valence-electron chi connectivity index (χ1n) is 6.74. The Balaban J connectivity index is 1.72. The van der Waals surface area contributed by atoms with Gasteiger partial charge in [-0.3, -0.25) is 0 Å². The van der Waals surface area contributed by atoms with Crippen molar-refractivity contribution in [2.75, 3.05) is 0 Å². The molecule has 0 saturated carbocycles. The Morgan fingerprint density at radius 3 is 2.75 bits per heavy atom. The Bertz CT molecular complexity index is 695. The Hall–Kier alpha value is -1.72. The molecule has 1 atom stereocenters. The van der Waals surface area contributed by atoms with Crippen molar-refractivity contribution in [3.05, 3.63) is 45.7 Å². The maximum atomic E-state index is 4.62. The third kappa shape index (κ3) is 2.59. The molecule has 3 rings (SSSR count). The summed E-state index contributed by atoms with van der Waals surface area (Å²) in [5.41, 5.74) is 3.22. The van der Waals surface area contributed by atoms with Crippen molar-refractivity contribution in [1.82, 2.24) is 20.3 Å². The summed E-state index contributed by atoms with van der Waals surface area (Å²) in [5, 5.41) is 4.63. The van der Waals surface area contributed by atoms with E-state index in [2.05, 4.69) is 40.2 Å². The van der Waals surface area contributed by atoms with E-state index in [1.807, 2.05) is 25.1 Å². The summed E-state index contributed by atoms with van der Waals surface area (Å²) in [7, 11) is 0. The summed E-state index contributed by atoms with van der Waals surface area (Å²) in [4.78, 5) is 13.7. The second-order valence-corrected chi connectivity index (χ2v) is 6.27. The molecule has 20 heavy (non-hydrogen) atoms. The third-order valence-electron chi connectivity index (χ3n) is 3.39. The van der Waals surface area contributed by atoms with Crippen molar-refractivity contribution in [1.29, 1.82) is 0 Å². The number of para-hydroxylation sites is 2. The quantitative estimate of drug-likeness (QED) is 0.772. The van der Waals surface area contributed by atoms with Crippen molar-refractivity contribution in [3.63, 3.8) is 0 Å². The number of nitrogens with one attached hydrogen (secondary N) is 2. The van der Waals surface area contributed by atoms with E-state index in [0.717, 1.165) is 34.1 Å². The number of hydrogen-bond donors (Lipinski definition) is 2. The van der Waals surface area contributed by atoms with Gasteiger partial charge in [0.15, 0.2) is 0 Å². The number of imidazole rings is 1. The van der Waals surface area contributed by atoms with Gasteiger partial charge in [0.1, 0.15) is 5.82 Å². The Labute approximate surface area is 122 Å². The van der Waals surface area contributed by atoms with Gasteiger partial charge in [0.05, 0.1) is 27.8 Å². The van der Waals surface area contributed by atoms with Crippen LogP contribution in [0, 0.1) is 13.8 Å². The van der Waals surface area contributed by atoms with Gasteiger partial charge in [-0.1, -0.05) is 12.1 Å². The number of nitrogens with zero attached hydrogens (tertiary/aromatic N) is 2. The number of hydrogen-bond acceptors (Lipinski definition) is 4. The zero-order valence-electron chi connectivity index (χ0n) is 11.9. The van der Waals surface area contributed by atoms with Crippen LogP contribution in [0.15, 0.2) is 24.3 Å². The van der Waals surface area contributed by atoms with Crippen molar-refractivity contribution in [3.8, 4) is 0 Å². The standard InChI is InChI=1S/C15H18N4S/c1-9-14(20-11(3)17-9)8-16-10(2)15-18-12-6-4-5-7-13(12)19-15/h4-7,10,16H,8H2,1-3H3,(H,18,19). The van der Waals surface area contributed by atoms with Crippen LogP contribution < -0.4 is 5.32 Å². The summed E-state index contributed by atoms with van der Waals surface area (Å²) in [6.07, 6.45) is 0. The zero-order valence-corrected chi connectivity index (χ0v) is 12.7. The molecule has 3 aromatic rings. The molecule has 0 aliphatic carbocycles. The molecule has 0 spiro atoms. The molecule has 0 radical (unpaired) electrons. The average molecular weight is 286 g/mol. The van der Waals surface area contributed by atoms with Gasteiger partial charge in [-0.25, -0.2) is 9.97 Å². The average Bonchev–Trinajstić information content (AvgIpc) is 2.99. The topological polar surface area (TPSA) is 53.6 Å². The first-order chi connectivity index (χ1) is 9.63. The Morgan fingerprint density at radius 1 is 1.25 bits per heavy atom. The third-order valence-corrected chi connectivity index (χ3v) is 4.46. The lowest BCUT2D eigenvalue weighted by atomic mass is 10.3. The van der Waals surface area contributed by atoms with Gasteiger partial charge in [-0.2, -0.15) is 0 Å². The lowest BCUT2D eigenvalue weighted by Crippen LogP contribution is -2.19. The van der Waals surface area contributed by atoms with Crippen molar-refractivity contribution >= 4 is 22.4 Å².